The first kappa shape index (κ1) is 19.8. The fourth-order valence-electron chi connectivity index (χ4n) is 2.81. The number of carbonyl (C=O) groups excluding carboxylic acids is 2. The third-order valence-electron chi connectivity index (χ3n) is 4.19. The molecular weight excluding hydrogens is 408 g/mol. The summed E-state index contributed by atoms with van der Waals surface area (Å²) in [5.41, 5.74) is 0.817. The van der Waals surface area contributed by atoms with E-state index in [9.17, 15) is 18.0 Å². The van der Waals surface area contributed by atoms with Gasteiger partial charge in [-0.1, -0.05) is 36.1 Å². The van der Waals surface area contributed by atoms with Crippen molar-refractivity contribution in [2.45, 2.75) is 12.5 Å². The minimum absolute atomic E-state index is 0.0610. The van der Waals surface area contributed by atoms with Crippen LogP contribution in [0, 0.1) is 0 Å². The lowest BCUT2D eigenvalue weighted by molar-refractivity contribution is -0.129. The number of ether oxygens (including phenoxy) is 1. The van der Waals surface area contributed by atoms with Gasteiger partial charge in [-0.2, -0.15) is 0 Å². The molecule has 0 aliphatic carbocycles. The van der Waals surface area contributed by atoms with Gasteiger partial charge in [-0.25, -0.2) is 8.42 Å². The summed E-state index contributed by atoms with van der Waals surface area (Å²) >= 11 is 6.35. The number of carbonyl (C=O) groups is 2. The molecule has 0 aromatic heterocycles. The van der Waals surface area contributed by atoms with E-state index < -0.39 is 21.8 Å². The Labute approximate surface area is 167 Å². The van der Waals surface area contributed by atoms with E-state index in [1.807, 2.05) is 12.1 Å². The Morgan fingerprint density at radius 3 is 2.70 bits per heavy atom. The average Bonchev–Trinajstić information content (AvgIpc) is 3.09. The summed E-state index contributed by atoms with van der Waals surface area (Å²) in [5, 5.41) is 2.67. The van der Waals surface area contributed by atoms with Crippen LogP contribution >= 0.6 is 24.0 Å². The fourth-order valence-corrected chi connectivity index (χ4v) is 5.74. The SMILES string of the molecule is COc1ccc(/C=C2\SC(=S)N(CC(=O)N[C@@H]3CCS(=O)(=O)C3)C2=O)cc1. The molecule has 0 spiro atoms. The largest absolute Gasteiger partial charge is 0.497 e. The zero-order valence-electron chi connectivity index (χ0n) is 14.5. The molecule has 1 N–H and O–H groups in total. The molecule has 2 fully saturated rings. The number of sulfone groups is 1. The fraction of sp³-hybridized carbons (Fsp3) is 0.353. The highest BCUT2D eigenvalue weighted by atomic mass is 32.2. The van der Waals surface area contributed by atoms with Crippen molar-refractivity contribution >= 4 is 56.0 Å². The summed E-state index contributed by atoms with van der Waals surface area (Å²) in [7, 11) is -1.51. The van der Waals surface area contributed by atoms with E-state index in [-0.39, 0.29) is 24.0 Å². The van der Waals surface area contributed by atoms with Crippen LogP contribution in [-0.4, -0.2) is 60.7 Å². The van der Waals surface area contributed by atoms with Crippen molar-refractivity contribution in [1.82, 2.24) is 10.2 Å². The molecule has 1 atom stereocenters. The predicted octanol–water partition coefficient (Wildman–Crippen LogP) is 1.20. The topological polar surface area (TPSA) is 92.8 Å². The van der Waals surface area contributed by atoms with Crippen LogP contribution in [-0.2, 0) is 19.4 Å². The minimum Gasteiger partial charge on any atom is -0.497 e. The number of hydrogen-bond acceptors (Lipinski definition) is 7. The van der Waals surface area contributed by atoms with E-state index in [1.54, 1.807) is 25.3 Å². The van der Waals surface area contributed by atoms with E-state index >= 15 is 0 Å². The first-order chi connectivity index (χ1) is 12.8. The molecule has 0 bridgehead atoms. The minimum atomic E-state index is -3.08. The van der Waals surface area contributed by atoms with Crippen LogP contribution in [0.15, 0.2) is 29.2 Å². The maximum Gasteiger partial charge on any atom is 0.266 e. The molecule has 144 valence electrons. The third-order valence-corrected chi connectivity index (χ3v) is 7.33. The van der Waals surface area contributed by atoms with Crippen molar-refractivity contribution in [2.24, 2.45) is 0 Å². The van der Waals surface area contributed by atoms with Gasteiger partial charge in [-0.3, -0.25) is 14.5 Å². The average molecular weight is 427 g/mol. The zero-order chi connectivity index (χ0) is 19.6. The number of nitrogens with zero attached hydrogens (tertiary/aromatic N) is 1. The number of nitrogens with one attached hydrogen (secondary N) is 1. The Morgan fingerprint density at radius 1 is 1.41 bits per heavy atom. The number of benzene rings is 1. The molecule has 7 nitrogen and oxygen atoms in total. The molecule has 27 heavy (non-hydrogen) atoms. The molecular formula is C17H18N2O5S3. The van der Waals surface area contributed by atoms with Crippen LogP contribution in [0.3, 0.4) is 0 Å². The van der Waals surface area contributed by atoms with Crippen LogP contribution in [0.4, 0.5) is 0 Å². The Kier molecular flexibility index (Phi) is 5.87. The van der Waals surface area contributed by atoms with Crippen molar-refractivity contribution < 1.29 is 22.7 Å². The second-order valence-corrected chi connectivity index (χ2v) is 10.1. The van der Waals surface area contributed by atoms with Gasteiger partial charge in [0.2, 0.25) is 5.91 Å². The maximum atomic E-state index is 12.6. The van der Waals surface area contributed by atoms with Crippen molar-refractivity contribution in [3.63, 3.8) is 0 Å². The Morgan fingerprint density at radius 2 is 2.11 bits per heavy atom. The van der Waals surface area contributed by atoms with Gasteiger partial charge in [-0.05, 0) is 30.2 Å². The summed E-state index contributed by atoms with van der Waals surface area (Å²) < 4.78 is 28.3. The monoisotopic (exact) mass is 426 g/mol. The lowest BCUT2D eigenvalue weighted by Gasteiger charge is -2.16. The van der Waals surface area contributed by atoms with Gasteiger partial charge in [0.05, 0.1) is 23.5 Å². The van der Waals surface area contributed by atoms with Crippen LogP contribution < -0.4 is 10.1 Å². The molecule has 2 heterocycles. The molecule has 1 aromatic rings. The Hall–Kier alpha value is -1.91. The lowest BCUT2D eigenvalue weighted by atomic mass is 10.2. The Bertz CT molecular complexity index is 909. The quantitative estimate of drug-likeness (QED) is 0.559. The highest BCUT2D eigenvalue weighted by Gasteiger charge is 2.35. The number of rotatable bonds is 5. The number of amides is 2. The first-order valence-electron chi connectivity index (χ1n) is 8.16. The van der Waals surface area contributed by atoms with Gasteiger partial charge < -0.3 is 10.1 Å². The van der Waals surface area contributed by atoms with Gasteiger partial charge in [0.25, 0.3) is 5.91 Å². The second kappa shape index (κ2) is 7.99. The van der Waals surface area contributed by atoms with E-state index in [1.165, 1.54) is 4.90 Å². The number of hydrogen-bond donors (Lipinski definition) is 1. The summed E-state index contributed by atoms with van der Waals surface area (Å²) in [6.07, 6.45) is 2.10. The van der Waals surface area contributed by atoms with Crippen LogP contribution in [0.1, 0.15) is 12.0 Å². The van der Waals surface area contributed by atoms with Crippen LogP contribution in [0.5, 0.6) is 5.75 Å². The highest BCUT2D eigenvalue weighted by molar-refractivity contribution is 8.26. The molecule has 0 unspecified atom stereocenters. The first-order valence-corrected chi connectivity index (χ1v) is 11.2. The molecule has 2 saturated heterocycles. The van der Waals surface area contributed by atoms with E-state index in [4.69, 9.17) is 17.0 Å². The molecule has 1 aromatic carbocycles. The van der Waals surface area contributed by atoms with Gasteiger partial charge in [0.15, 0.2) is 9.84 Å². The van der Waals surface area contributed by atoms with E-state index in [2.05, 4.69) is 5.32 Å². The molecule has 10 heteroatoms. The molecule has 2 aliphatic rings. The number of thioether (sulfide) groups is 1. The summed E-state index contributed by atoms with van der Waals surface area (Å²) in [6.45, 7) is -0.221. The lowest BCUT2D eigenvalue weighted by Crippen LogP contribution is -2.43. The smallest absolute Gasteiger partial charge is 0.266 e. The van der Waals surface area contributed by atoms with Crippen LogP contribution in [0.2, 0.25) is 0 Å². The summed E-state index contributed by atoms with van der Waals surface area (Å²) in [5.74, 6) is -0.0302. The highest BCUT2D eigenvalue weighted by Crippen LogP contribution is 2.32. The Balaban J connectivity index is 1.63. The van der Waals surface area contributed by atoms with Gasteiger partial charge in [0.1, 0.15) is 16.6 Å². The van der Waals surface area contributed by atoms with Crippen molar-refractivity contribution in [3.8, 4) is 5.75 Å². The number of thiocarbonyl (C=S) groups is 1. The molecule has 0 radical (unpaired) electrons. The molecule has 2 aliphatic heterocycles. The standard InChI is InChI=1S/C17H18N2O5S3/c1-24-13-4-2-11(3-5-13)8-14-16(21)19(17(25)26-14)9-15(20)18-12-6-7-27(22,23)10-12/h2-5,8,12H,6-7,9-10H2,1H3,(H,18,20)/b14-8-/t12-/m1/s1. The maximum absolute atomic E-state index is 12.6. The van der Waals surface area contributed by atoms with Gasteiger partial charge in [-0.15, -0.1) is 0 Å². The number of methoxy groups -OCH3 is 1. The molecule has 3 rings (SSSR count). The van der Waals surface area contributed by atoms with Crippen molar-refractivity contribution in [2.75, 3.05) is 25.2 Å². The second-order valence-electron chi connectivity index (χ2n) is 6.21. The summed E-state index contributed by atoms with van der Waals surface area (Å²) in [6, 6.07) is 6.80. The van der Waals surface area contributed by atoms with Crippen molar-refractivity contribution in [3.05, 3.63) is 34.7 Å². The normalized spacial score (nSPS) is 23.1. The van der Waals surface area contributed by atoms with Gasteiger partial charge >= 0.3 is 0 Å². The van der Waals surface area contributed by atoms with Gasteiger partial charge in [0, 0.05) is 6.04 Å². The summed E-state index contributed by atoms with van der Waals surface area (Å²) in [4.78, 5) is 26.4. The zero-order valence-corrected chi connectivity index (χ0v) is 17.0. The molecule has 0 saturated carbocycles. The van der Waals surface area contributed by atoms with E-state index in [0.29, 0.717) is 21.4 Å². The third kappa shape index (κ3) is 4.88. The van der Waals surface area contributed by atoms with Crippen molar-refractivity contribution in [1.29, 1.82) is 0 Å². The predicted molar refractivity (Wildman–Crippen MR) is 108 cm³/mol. The van der Waals surface area contributed by atoms with Crippen LogP contribution in [0.25, 0.3) is 6.08 Å². The molecule has 2 amide bonds. The van der Waals surface area contributed by atoms with E-state index in [0.717, 1.165) is 17.3 Å².